The number of piperidine rings is 1. The van der Waals surface area contributed by atoms with Crippen LogP contribution >= 0.6 is 11.3 Å². The molecule has 1 saturated heterocycles. The predicted octanol–water partition coefficient (Wildman–Crippen LogP) is 2.03. The minimum absolute atomic E-state index is 0.0106. The lowest BCUT2D eigenvalue weighted by atomic mass is 9.89. The van der Waals surface area contributed by atoms with Crippen LogP contribution in [0, 0.1) is 11.8 Å². The number of aromatic amines is 1. The second-order valence-electron chi connectivity index (χ2n) is 8.39. The van der Waals surface area contributed by atoms with E-state index in [1.165, 1.54) is 15.3 Å². The molecule has 4 rings (SSSR count). The normalized spacial score (nSPS) is 26.0. The number of aryl methyl sites for hydroxylation is 1. The number of quaternary nitrogens is 1. The van der Waals surface area contributed by atoms with Crippen LogP contribution in [0.25, 0.3) is 10.2 Å². The molecular weight excluding hydrogens is 374 g/mol. The SMILES string of the molecule is CCOC(=O)C1CC[NH+]([C@H](C)c2nc3sc4c(c3c(=O)[nH]2)CC[C@H](C)C4)CC1. The van der Waals surface area contributed by atoms with E-state index in [4.69, 9.17) is 9.72 Å². The summed E-state index contributed by atoms with van der Waals surface area (Å²) in [6.45, 7) is 8.48. The number of aromatic nitrogens is 2. The van der Waals surface area contributed by atoms with Crippen LogP contribution in [0.15, 0.2) is 4.79 Å². The van der Waals surface area contributed by atoms with Gasteiger partial charge in [0.15, 0.2) is 5.82 Å². The molecule has 0 spiro atoms. The number of ether oxygens (including phenoxy) is 1. The summed E-state index contributed by atoms with van der Waals surface area (Å²) in [6.07, 6.45) is 4.86. The number of H-pyrrole nitrogens is 1. The topological polar surface area (TPSA) is 76.5 Å². The average molecular weight is 405 g/mol. The van der Waals surface area contributed by atoms with E-state index < -0.39 is 0 Å². The summed E-state index contributed by atoms with van der Waals surface area (Å²) in [6, 6.07) is 0.110. The molecule has 2 aromatic rings. The lowest BCUT2D eigenvalue weighted by Gasteiger charge is -2.31. The smallest absolute Gasteiger partial charge is 0.309 e. The number of nitrogens with one attached hydrogen (secondary N) is 2. The molecule has 0 bridgehead atoms. The van der Waals surface area contributed by atoms with Crippen molar-refractivity contribution < 1.29 is 14.4 Å². The van der Waals surface area contributed by atoms with Gasteiger partial charge in [-0.05, 0) is 44.6 Å². The van der Waals surface area contributed by atoms with Gasteiger partial charge in [0, 0.05) is 17.7 Å². The highest BCUT2D eigenvalue weighted by atomic mass is 32.1. The molecule has 2 aliphatic rings. The largest absolute Gasteiger partial charge is 0.466 e. The molecule has 2 N–H and O–H groups in total. The van der Waals surface area contributed by atoms with Gasteiger partial charge in [0.25, 0.3) is 5.56 Å². The van der Waals surface area contributed by atoms with E-state index in [9.17, 15) is 9.59 Å². The Morgan fingerprint density at radius 2 is 2.11 bits per heavy atom. The molecule has 2 atom stereocenters. The second kappa shape index (κ2) is 7.95. The van der Waals surface area contributed by atoms with Crippen LogP contribution in [0.4, 0.5) is 0 Å². The van der Waals surface area contributed by atoms with Crippen LogP contribution in [0.3, 0.4) is 0 Å². The molecule has 1 aliphatic carbocycles. The Kier molecular flexibility index (Phi) is 5.56. The van der Waals surface area contributed by atoms with Gasteiger partial charge in [0.2, 0.25) is 0 Å². The van der Waals surface area contributed by atoms with Gasteiger partial charge in [-0.3, -0.25) is 9.59 Å². The third-order valence-corrected chi connectivity index (χ3v) is 7.60. The van der Waals surface area contributed by atoms with Crippen molar-refractivity contribution in [3.8, 4) is 0 Å². The number of esters is 1. The van der Waals surface area contributed by atoms with Crippen molar-refractivity contribution in [1.29, 1.82) is 0 Å². The van der Waals surface area contributed by atoms with Crippen LogP contribution < -0.4 is 10.5 Å². The first kappa shape index (κ1) is 19.6. The van der Waals surface area contributed by atoms with Crippen LogP contribution in [0.5, 0.6) is 0 Å². The molecule has 0 unspecified atom stereocenters. The maximum Gasteiger partial charge on any atom is 0.309 e. The predicted molar refractivity (Wildman–Crippen MR) is 110 cm³/mol. The van der Waals surface area contributed by atoms with Gasteiger partial charge >= 0.3 is 5.97 Å². The molecule has 1 aliphatic heterocycles. The van der Waals surface area contributed by atoms with Gasteiger partial charge in [-0.2, -0.15) is 0 Å². The number of carbonyl (C=O) groups is 1. The first-order valence-electron chi connectivity index (χ1n) is 10.5. The molecule has 6 nitrogen and oxygen atoms in total. The lowest BCUT2D eigenvalue weighted by Crippen LogP contribution is -3.13. The first-order chi connectivity index (χ1) is 13.5. The zero-order valence-electron chi connectivity index (χ0n) is 17.0. The summed E-state index contributed by atoms with van der Waals surface area (Å²) in [5, 5.41) is 0.818. The van der Waals surface area contributed by atoms with Crippen LogP contribution in [0.1, 0.15) is 62.3 Å². The Bertz CT molecular complexity index is 927. The van der Waals surface area contributed by atoms with Crippen LogP contribution in [-0.2, 0) is 22.4 Å². The fraction of sp³-hybridized carbons (Fsp3) is 0.667. The van der Waals surface area contributed by atoms with Crippen molar-refractivity contribution in [3.05, 3.63) is 26.6 Å². The Balaban J connectivity index is 1.53. The van der Waals surface area contributed by atoms with Crippen molar-refractivity contribution in [2.75, 3.05) is 19.7 Å². The number of nitrogens with zero attached hydrogens (tertiary/aromatic N) is 1. The monoisotopic (exact) mass is 404 g/mol. The van der Waals surface area contributed by atoms with Gasteiger partial charge in [-0.1, -0.05) is 6.92 Å². The summed E-state index contributed by atoms with van der Waals surface area (Å²) in [4.78, 5) is 36.4. The van der Waals surface area contributed by atoms with E-state index in [2.05, 4.69) is 18.8 Å². The molecule has 0 saturated carbocycles. The zero-order chi connectivity index (χ0) is 19.8. The number of fused-ring (bicyclic) bond motifs is 3. The molecular formula is C21H30N3O3S+. The summed E-state index contributed by atoms with van der Waals surface area (Å²) >= 11 is 1.70. The Morgan fingerprint density at radius 1 is 1.36 bits per heavy atom. The number of thiophene rings is 1. The lowest BCUT2D eigenvalue weighted by molar-refractivity contribution is -0.935. The van der Waals surface area contributed by atoms with Crippen LogP contribution in [0.2, 0.25) is 0 Å². The van der Waals surface area contributed by atoms with Crippen molar-refractivity contribution >= 4 is 27.5 Å². The number of likely N-dealkylation sites (tertiary alicyclic amines) is 1. The Labute approximate surface area is 169 Å². The van der Waals surface area contributed by atoms with Crippen molar-refractivity contribution in [2.45, 2.75) is 58.9 Å². The highest BCUT2D eigenvalue weighted by Gasteiger charge is 2.33. The number of hydrogen-bond acceptors (Lipinski definition) is 5. The molecule has 0 radical (unpaired) electrons. The zero-order valence-corrected chi connectivity index (χ0v) is 17.8. The Morgan fingerprint density at radius 3 is 2.82 bits per heavy atom. The number of rotatable bonds is 4. The van der Waals surface area contributed by atoms with E-state index in [0.29, 0.717) is 12.5 Å². The van der Waals surface area contributed by atoms with E-state index in [1.54, 1.807) is 11.3 Å². The maximum atomic E-state index is 12.9. The van der Waals surface area contributed by atoms with Gasteiger partial charge < -0.3 is 14.6 Å². The van der Waals surface area contributed by atoms with Gasteiger partial charge in [0.05, 0.1) is 31.0 Å². The molecule has 0 amide bonds. The molecule has 3 heterocycles. The first-order valence-corrected chi connectivity index (χ1v) is 11.3. The fourth-order valence-electron chi connectivity index (χ4n) is 4.68. The fourth-order valence-corrected chi connectivity index (χ4v) is 6.07. The van der Waals surface area contributed by atoms with Gasteiger partial charge in [-0.25, -0.2) is 4.98 Å². The summed E-state index contributed by atoms with van der Waals surface area (Å²) in [7, 11) is 0. The van der Waals surface area contributed by atoms with E-state index in [1.807, 2.05) is 6.92 Å². The molecule has 2 aromatic heterocycles. The molecule has 7 heteroatoms. The summed E-state index contributed by atoms with van der Waals surface area (Å²) in [5.74, 6) is 1.40. The minimum Gasteiger partial charge on any atom is -0.466 e. The molecule has 1 fully saturated rings. The highest BCUT2D eigenvalue weighted by Crippen LogP contribution is 2.35. The van der Waals surface area contributed by atoms with E-state index in [0.717, 1.165) is 61.2 Å². The summed E-state index contributed by atoms with van der Waals surface area (Å²) < 4.78 is 5.17. The van der Waals surface area contributed by atoms with Crippen molar-refractivity contribution in [1.82, 2.24) is 9.97 Å². The standard InChI is InChI=1S/C21H29N3O3S/c1-4-27-21(26)14-7-9-24(10-8-14)13(3)18-22-19(25)17-15-6-5-12(2)11-16(15)28-20(17)23-18/h12-14H,4-11H2,1-3H3,(H,22,23,25)/p+1/t12-,13+/m0/s1. The maximum absolute atomic E-state index is 12.9. The third-order valence-electron chi connectivity index (χ3n) is 6.45. The quantitative estimate of drug-likeness (QED) is 0.765. The molecule has 28 heavy (non-hydrogen) atoms. The van der Waals surface area contributed by atoms with Crippen molar-refractivity contribution in [2.24, 2.45) is 11.8 Å². The van der Waals surface area contributed by atoms with E-state index >= 15 is 0 Å². The van der Waals surface area contributed by atoms with Gasteiger partial charge in [-0.15, -0.1) is 11.3 Å². The number of hydrogen-bond donors (Lipinski definition) is 2. The second-order valence-corrected chi connectivity index (χ2v) is 9.47. The molecule has 152 valence electrons. The molecule has 0 aromatic carbocycles. The average Bonchev–Trinajstić information content (AvgIpc) is 3.05. The van der Waals surface area contributed by atoms with Crippen molar-refractivity contribution in [3.63, 3.8) is 0 Å². The van der Waals surface area contributed by atoms with Gasteiger partial charge in [0.1, 0.15) is 10.9 Å². The van der Waals surface area contributed by atoms with Crippen LogP contribution in [-0.4, -0.2) is 35.6 Å². The summed E-state index contributed by atoms with van der Waals surface area (Å²) in [5.41, 5.74) is 1.24. The highest BCUT2D eigenvalue weighted by molar-refractivity contribution is 7.18. The third kappa shape index (κ3) is 3.62. The van der Waals surface area contributed by atoms with E-state index in [-0.39, 0.29) is 23.5 Å². The Hall–Kier alpha value is -1.73. The minimum atomic E-state index is -0.0689. The number of carbonyl (C=O) groups excluding carboxylic acids is 1.